The van der Waals surface area contributed by atoms with E-state index >= 15 is 0 Å². The van der Waals surface area contributed by atoms with Crippen molar-refractivity contribution in [1.29, 1.82) is 0 Å². The van der Waals surface area contributed by atoms with E-state index in [1.165, 1.54) is 6.07 Å². The molecule has 34 heavy (non-hydrogen) atoms. The summed E-state index contributed by atoms with van der Waals surface area (Å²) in [4.78, 5) is 19.2. The highest BCUT2D eigenvalue weighted by atomic mass is 16.5. The minimum atomic E-state index is -0.998. The van der Waals surface area contributed by atoms with Gasteiger partial charge in [0, 0.05) is 11.3 Å². The number of hydrogen-bond donors (Lipinski definition) is 3. The molecule has 0 spiro atoms. The van der Waals surface area contributed by atoms with Gasteiger partial charge in [-0.2, -0.15) is 4.98 Å². The number of H-pyrrole nitrogens is 1. The number of anilines is 1. The maximum absolute atomic E-state index is 11.5. The SMILES string of the molecule is Cc1cc(C)c(C(=O)O)cc1Oc1nc2cc(N)c(-c3ccc(-c4ccccc4)cc3)cc2[nH]1. The van der Waals surface area contributed by atoms with Crippen molar-refractivity contribution in [3.05, 3.63) is 95.6 Å². The second-order valence-electron chi connectivity index (χ2n) is 8.28. The van der Waals surface area contributed by atoms with E-state index in [0.29, 0.717) is 22.5 Å². The fourth-order valence-corrected chi connectivity index (χ4v) is 4.10. The third-order valence-corrected chi connectivity index (χ3v) is 5.89. The molecule has 4 N–H and O–H groups in total. The van der Waals surface area contributed by atoms with Gasteiger partial charge in [0.2, 0.25) is 0 Å². The van der Waals surface area contributed by atoms with E-state index in [2.05, 4.69) is 46.4 Å². The number of carboxylic acids is 1. The number of rotatable bonds is 5. The minimum absolute atomic E-state index is 0.196. The molecule has 6 heteroatoms. The number of aryl methyl sites for hydroxylation is 2. The molecule has 0 amide bonds. The first kappa shape index (κ1) is 21.3. The van der Waals surface area contributed by atoms with E-state index < -0.39 is 5.97 Å². The number of carboxylic acid groups (broad SMARTS) is 1. The minimum Gasteiger partial charge on any atom is -0.478 e. The number of aromatic nitrogens is 2. The van der Waals surface area contributed by atoms with Gasteiger partial charge in [0.25, 0.3) is 6.01 Å². The Bertz CT molecular complexity index is 1520. The van der Waals surface area contributed by atoms with Crippen LogP contribution in [0.25, 0.3) is 33.3 Å². The summed E-state index contributed by atoms with van der Waals surface area (Å²) in [5.41, 5.74) is 14.3. The topological polar surface area (TPSA) is 101 Å². The van der Waals surface area contributed by atoms with E-state index in [1.807, 2.05) is 37.3 Å². The summed E-state index contributed by atoms with van der Waals surface area (Å²) in [6.45, 7) is 3.63. The van der Waals surface area contributed by atoms with Gasteiger partial charge in [0.05, 0.1) is 16.6 Å². The zero-order chi connectivity index (χ0) is 23.8. The highest BCUT2D eigenvalue weighted by molar-refractivity contribution is 5.91. The molecule has 0 unspecified atom stereocenters. The molecule has 0 saturated carbocycles. The van der Waals surface area contributed by atoms with Crippen molar-refractivity contribution in [3.63, 3.8) is 0 Å². The van der Waals surface area contributed by atoms with Crippen LogP contribution in [-0.2, 0) is 0 Å². The molecule has 0 fully saturated rings. The van der Waals surface area contributed by atoms with Gasteiger partial charge in [-0.05, 0) is 59.9 Å². The van der Waals surface area contributed by atoms with Crippen molar-refractivity contribution >= 4 is 22.7 Å². The number of aromatic carboxylic acids is 1. The Morgan fingerprint density at radius 1 is 0.882 bits per heavy atom. The summed E-state index contributed by atoms with van der Waals surface area (Å²) < 4.78 is 5.92. The number of nitrogens with zero attached hydrogens (tertiary/aromatic N) is 1. The van der Waals surface area contributed by atoms with Crippen molar-refractivity contribution in [2.75, 3.05) is 5.73 Å². The van der Waals surface area contributed by atoms with E-state index in [9.17, 15) is 9.90 Å². The molecule has 5 rings (SSSR count). The van der Waals surface area contributed by atoms with Crippen molar-refractivity contribution < 1.29 is 14.6 Å². The Balaban J connectivity index is 1.47. The summed E-state index contributed by atoms with van der Waals surface area (Å²) >= 11 is 0. The van der Waals surface area contributed by atoms with Gasteiger partial charge < -0.3 is 20.6 Å². The number of nitrogens with one attached hydrogen (secondary N) is 1. The van der Waals surface area contributed by atoms with E-state index in [-0.39, 0.29) is 11.6 Å². The molecule has 6 nitrogen and oxygen atoms in total. The second-order valence-corrected chi connectivity index (χ2v) is 8.28. The van der Waals surface area contributed by atoms with Crippen LogP contribution in [0.4, 0.5) is 5.69 Å². The smallest absolute Gasteiger partial charge is 0.336 e. The molecule has 0 aliphatic heterocycles. The number of aromatic amines is 1. The fourth-order valence-electron chi connectivity index (χ4n) is 4.10. The number of fused-ring (bicyclic) bond motifs is 1. The summed E-state index contributed by atoms with van der Waals surface area (Å²) in [5.74, 6) is -0.561. The molecule has 1 aromatic heterocycles. The molecule has 168 valence electrons. The first-order chi connectivity index (χ1) is 16.4. The lowest BCUT2D eigenvalue weighted by atomic mass is 9.99. The Kier molecular flexibility index (Phi) is 5.26. The van der Waals surface area contributed by atoms with Crippen LogP contribution >= 0.6 is 0 Å². The lowest BCUT2D eigenvalue weighted by Crippen LogP contribution is -2.01. The summed E-state index contributed by atoms with van der Waals surface area (Å²) in [5, 5.41) is 9.42. The predicted octanol–water partition coefficient (Wildman–Crippen LogP) is 6.59. The highest BCUT2D eigenvalue weighted by Gasteiger charge is 2.15. The Labute approximate surface area is 196 Å². The van der Waals surface area contributed by atoms with Crippen LogP contribution in [-0.4, -0.2) is 21.0 Å². The third kappa shape index (κ3) is 3.97. The maximum Gasteiger partial charge on any atom is 0.336 e. The Morgan fingerprint density at radius 2 is 1.56 bits per heavy atom. The van der Waals surface area contributed by atoms with Gasteiger partial charge in [0.15, 0.2) is 0 Å². The van der Waals surface area contributed by atoms with Crippen molar-refractivity contribution in [2.45, 2.75) is 13.8 Å². The molecule has 0 bridgehead atoms. The van der Waals surface area contributed by atoms with Gasteiger partial charge in [-0.25, -0.2) is 4.79 Å². The van der Waals surface area contributed by atoms with Gasteiger partial charge in [-0.15, -0.1) is 0 Å². The standard InChI is InChI=1S/C28H23N3O3/c1-16-12-17(2)26(14-21(16)27(32)33)34-28-30-24-13-22(23(29)15-25(24)31-28)20-10-8-19(9-11-20)18-6-4-3-5-7-18/h3-15H,29H2,1-2H3,(H,30,31)(H,32,33). The first-order valence-corrected chi connectivity index (χ1v) is 10.9. The van der Waals surface area contributed by atoms with Crippen molar-refractivity contribution in [1.82, 2.24) is 9.97 Å². The molecule has 1 heterocycles. The lowest BCUT2D eigenvalue weighted by molar-refractivity contribution is 0.0695. The zero-order valence-corrected chi connectivity index (χ0v) is 18.8. The van der Waals surface area contributed by atoms with Crippen molar-refractivity contribution in [3.8, 4) is 34.0 Å². The molecule has 0 aliphatic carbocycles. The van der Waals surface area contributed by atoms with Gasteiger partial charge in [0.1, 0.15) is 5.75 Å². The van der Waals surface area contributed by atoms with E-state index in [0.717, 1.165) is 33.3 Å². The molecular weight excluding hydrogens is 426 g/mol. The maximum atomic E-state index is 11.5. The molecule has 0 aliphatic rings. The highest BCUT2D eigenvalue weighted by Crippen LogP contribution is 2.34. The normalized spacial score (nSPS) is 11.0. The Hall–Kier alpha value is -4.58. The van der Waals surface area contributed by atoms with Gasteiger partial charge in [-0.3, -0.25) is 0 Å². The van der Waals surface area contributed by atoms with E-state index in [1.54, 1.807) is 13.0 Å². The number of imidazole rings is 1. The van der Waals surface area contributed by atoms with Gasteiger partial charge in [-0.1, -0.05) is 60.7 Å². The largest absolute Gasteiger partial charge is 0.478 e. The average Bonchev–Trinajstić information content (AvgIpc) is 3.22. The third-order valence-electron chi connectivity index (χ3n) is 5.89. The molecule has 5 aromatic rings. The van der Waals surface area contributed by atoms with Crippen LogP contribution in [0.3, 0.4) is 0 Å². The van der Waals surface area contributed by atoms with Crippen LogP contribution in [0.2, 0.25) is 0 Å². The van der Waals surface area contributed by atoms with Gasteiger partial charge >= 0.3 is 5.97 Å². The number of ether oxygens (including phenoxy) is 1. The second kappa shape index (κ2) is 8.41. The monoisotopic (exact) mass is 449 g/mol. The molecule has 0 atom stereocenters. The van der Waals surface area contributed by atoms with Crippen LogP contribution in [0.15, 0.2) is 78.9 Å². The molecule has 4 aromatic carbocycles. The number of nitrogen functional groups attached to an aromatic ring is 1. The van der Waals surface area contributed by atoms with Crippen molar-refractivity contribution in [2.24, 2.45) is 0 Å². The summed E-state index contributed by atoms with van der Waals surface area (Å²) in [7, 11) is 0. The number of benzene rings is 4. The molecule has 0 saturated heterocycles. The van der Waals surface area contributed by atoms with Crippen LogP contribution in [0.1, 0.15) is 21.5 Å². The number of nitrogens with two attached hydrogens (primary N) is 1. The van der Waals surface area contributed by atoms with Crippen LogP contribution < -0.4 is 10.5 Å². The van der Waals surface area contributed by atoms with Crippen LogP contribution in [0.5, 0.6) is 11.8 Å². The number of hydrogen-bond acceptors (Lipinski definition) is 4. The molecule has 0 radical (unpaired) electrons. The summed E-state index contributed by atoms with van der Waals surface area (Å²) in [6.07, 6.45) is 0. The lowest BCUT2D eigenvalue weighted by Gasteiger charge is -2.09. The van der Waals surface area contributed by atoms with Crippen LogP contribution in [0, 0.1) is 13.8 Å². The first-order valence-electron chi connectivity index (χ1n) is 10.9. The zero-order valence-electron chi connectivity index (χ0n) is 18.8. The number of carbonyl (C=O) groups is 1. The fraction of sp³-hybridized carbons (Fsp3) is 0.0714. The Morgan fingerprint density at radius 3 is 2.26 bits per heavy atom. The summed E-state index contributed by atoms with van der Waals surface area (Å²) in [6, 6.07) is 25.8. The quantitative estimate of drug-likeness (QED) is 0.263. The van der Waals surface area contributed by atoms with E-state index in [4.69, 9.17) is 10.5 Å². The predicted molar refractivity (Wildman–Crippen MR) is 134 cm³/mol. The average molecular weight is 450 g/mol. The molecular formula is C28H23N3O3.